The molecule has 1 saturated heterocycles. The monoisotopic (exact) mass is 227 g/mol. The van der Waals surface area contributed by atoms with Crippen LogP contribution < -0.4 is 0 Å². The molecule has 0 radical (unpaired) electrons. The van der Waals surface area contributed by atoms with Gasteiger partial charge in [-0.3, -0.25) is 4.90 Å². The molecule has 90 valence electrons. The van der Waals surface area contributed by atoms with Crippen molar-refractivity contribution in [3.63, 3.8) is 0 Å². The van der Waals surface area contributed by atoms with E-state index in [0.29, 0.717) is 11.0 Å². The van der Waals surface area contributed by atoms with Gasteiger partial charge in [0, 0.05) is 0 Å². The highest BCUT2D eigenvalue weighted by molar-refractivity contribution is 5.45. The molecule has 0 spiro atoms. The van der Waals surface area contributed by atoms with Crippen molar-refractivity contribution < 1.29 is 0 Å². The maximum absolute atomic E-state index is 2.68. The zero-order valence-corrected chi connectivity index (χ0v) is 10.7. The smallest absolute Gasteiger partial charge is 0.0520 e. The molecule has 17 heavy (non-hydrogen) atoms. The lowest BCUT2D eigenvalue weighted by Crippen LogP contribution is -2.49. The Hall–Kier alpha value is -0.820. The molecular formula is C16H21N. The number of hydrogen-bond donors (Lipinski definition) is 0. The van der Waals surface area contributed by atoms with Gasteiger partial charge in [0.1, 0.15) is 0 Å². The van der Waals surface area contributed by atoms with Gasteiger partial charge in [0.25, 0.3) is 0 Å². The molecule has 1 nitrogen and oxygen atoms in total. The Kier molecular flexibility index (Phi) is 1.87. The lowest BCUT2D eigenvalue weighted by Gasteiger charge is -2.48. The van der Waals surface area contributed by atoms with E-state index in [4.69, 9.17) is 0 Å². The Labute approximate surface area is 104 Å². The summed E-state index contributed by atoms with van der Waals surface area (Å²) in [5.41, 5.74) is 4.30. The molecule has 4 rings (SSSR count). The van der Waals surface area contributed by atoms with E-state index in [2.05, 4.69) is 36.2 Å². The molecule has 2 atom stereocenters. The fourth-order valence-corrected chi connectivity index (χ4v) is 5.21. The second-order valence-electron chi connectivity index (χ2n) is 6.35. The van der Waals surface area contributed by atoms with Gasteiger partial charge in [-0.25, -0.2) is 0 Å². The number of nitrogens with zero attached hydrogens (tertiary/aromatic N) is 1. The van der Waals surface area contributed by atoms with Gasteiger partial charge in [-0.15, -0.1) is 0 Å². The zero-order valence-electron chi connectivity index (χ0n) is 10.7. The SMILES string of the molecule is CN1CCC23CCCCC12c1ccccc1C3. The summed E-state index contributed by atoms with van der Waals surface area (Å²) in [5.74, 6) is 0. The quantitative estimate of drug-likeness (QED) is 0.657. The van der Waals surface area contributed by atoms with E-state index >= 15 is 0 Å². The molecule has 0 aromatic heterocycles. The molecule has 0 N–H and O–H groups in total. The fourth-order valence-electron chi connectivity index (χ4n) is 5.21. The van der Waals surface area contributed by atoms with Crippen molar-refractivity contribution in [2.45, 2.75) is 44.1 Å². The molecule has 1 saturated carbocycles. The van der Waals surface area contributed by atoms with Crippen LogP contribution in [-0.2, 0) is 12.0 Å². The van der Waals surface area contributed by atoms with Crippen molar-refractivity contribution in [1.29, 1.82) is 0 Å². The second kappa shape index (κ2) is 3.14. The number of benzene rings is 1. The van der Waals surface area contributed by atoms with Gasteiger partial charge in [-0.2, -0.15) is 0 Å². The predicted octanol–water partition coefficient (Wildman–Crippen LogP) is 3.33. The van der Waals surface area contributed by atoms with E-state index in [-0.39, 0.29) is 0 Å². The van der Waals surface area contributed by atoms with Crippen LogP contribution in [0.1, 0.15) is 43.2 Å². The van der Waals surface area contributed by atoms with Crippen LogP contribution in [-0.4, -0.2) is 18.5 Å². The van der Waals surface area contributed by atoms with Crippen LogP contribution in [0.15, 0.2) is 24.3 Å². The number of likely N-dealkylation sites (tertiary alicyclic amines) is 1. The van der Waals surface area contributed by atoms with Crippen molar-refractivity contribution in [3.8, 4) is 0 Å². The molecule has 1 aromatic carbocycles. The van der Waals surface area contributed by atoms with Crippen molar-refractivity contribution in [2.75, 3.05) is 13.6 Å². The summed E-state index contributed by atoms with van der Waals surface area (Å²) < 4.78 is 0. The largest absolute Gasteiger partial charge is 0.296 e. The molecule has 0 amide bonds. The summed E-state index contributed by atoms with van der Waals surface area (Å²) in [6.45, 7) is 1.30. The van der Waals surface area contributed by atoms with Gasteiger partial charge in [-0.1, -0.05) is 37.1 Å². The van der Waals surface area contributed by atoms with E-state index in [1.54, 1.807) is 11.1 Å². The van der Waals surface area contributed by atoms with E-state index in [1.165, 1.54) is 45.1 Å². The molecule has 1 heteroatoms. The first-order valence-corrected chi connectivity index (χ1v) is 7.08. The van der Waals surface area contributed by atoms with E-state index in [0.717, 1.165) is 0 Å². The van der Waals surface area contributed by atoms with Crippen molar-refractivity contribution >= 4 is 0 Å². The number of hydrogen-bond acceptors (Lipinski definition) is 1. The molecule has 1 aliphatic heterocycles. The Balaban J connectivity index is 1.97. The van der Waals surface area contributed by atoms with Gasteiger partial charge in [-0.05, 0) is 55.8 Å². The third-order valence-electron chi connectivity index (χ3n) is 5.89. The first kappa shape index (κ1) is 10.1. The standard InChI is InChI=1S/C16H21N/c1-17-11-10-15-8-4-5-9-16(15,17)14-7-3-2-6-13(14)12-15/h2-3,6-7H,4-5,8-12H2,1H3. The molecular weight excluding hydrogens is 206 g/mol. The summed E-state index contributed by atoms with van der Waals surface area (Å²) in [4.78, 5) is 2.68. The zero-order chi connectivity index (χ0) is 11.5. The molecule has 2 unspecified atom stereocenters. The lowest BCUT2D eigenvalue weighted by molar-refractivity contribution is 0.0195. The highest BCUT2D eigenvalue weighted by Gasteiger charge is 2.63. The minimum atomic E-state index is 0.405. The lowest BCUT2D eigenvalue weighted by atomic mass is 9.62. The van der Waals surface area contributed by atoms with Crippen LogP contribution >= 0.6 is 0 Å². The molecule has 2 fully saturated rings. The van der Waals surface area contributed by atoms with Crippen molar-refractivity contribution in [2.24, 2.45) is 5.41 Å². The Morgan fingerprint density at radius 2 is 1.88 bits per heavy atom. The summed E-state index contributed by atoms with van der Waals surface area (Å²) in [5, 5.41) is 0. The van der Waals surface area contributed by atoms with Gasteiger partial charge < -0.3 is 0 Å². The second-order valence-corrected chi connectivity index (χ2v) is 6.35. The van der Waals surface area contributed by atoms with Gasteiger partial charge >= 0.3 is 0 Å². The maximum atomic E-state index is 2.68. The van der Waals surface area contributed by atoms with E-state index in [1.807, 2.05) is 0 Å². The molecule has 1 heterocycles. The summed E-state index contributed by atoms with van der Waals surface area (Å²) in [6.07, 6.45) is 8.46. The van der Waals surface area contributed by atoms with Crippen LogP contribution in [0.4, 0.5) is 0 Å². The van der Waals surface area contributed by atoms with Crippen molar-refractivity contribution in [3.05, 3.63) is 35.4 Å². The van der Waals surface area contributed by atoms with E-state index < -0.39 is 0 Å². The minimum Gasteiger partial charge on any atom is -0.296 e. The average molecular weight is 227 g/mol. The highest BCUT2D eigenvalue weighted by atomic mass is 15.2. The van der Waals surface area contributed by atoms with Crippen LogP contribution in [0, 0.1) is 5.41 Å². The van der Waals surface area contributed by atoms with Gasteiger partial charge in [0.05, 0.1) is 5.54 Å². The third kappa shape index (κ3) is 1.01. The van der Waals surface area contributed by atoms with Crippen LogP contribution in [0.3, 0.4) is 0 Å². The molecule has 2 aliphatic carbocycles. The van der Waals surface area contributed by atoms with Crippen LogP contribution in [0.5, 0.6) is 0 Å². The summed E-state index contributed by atoms with van der Waals surface area (Å²) in [6, 6.07) is 9.24. The normalized spacial score (nSPS) is 39.8. The molecule has 3 aliphatic rings. The number of rotatable bonds is 0. The summed E-state index contributed by atoms with van der Waals surface area (Å²) in [7, 11) is 2.36. The van der Waals surface area contributed by atoms with E-state index in [9.17, 15) is 0 Å². The molecule has 0 bridgehead atoms. The van der Waals surface area contributed by atoms with Crippen molar-refractivity contribution in [1.82, 2.24) is 4.90 Å². The first-order chi connectivity index (χ1) is 8.29. The summed E-state index contributed by atoms with van der Waals surface area (Å²) >= 11 is 0. The Bertz CT molecular complexity index is 462. The molecule has 1 aromatic rings. The predicted molar refractivity (Wildman–Crippen MR) is 70.0 cm³/mol. The van der Waals surface area contributed by atoms with Crippen LogP contribution in [0.2, 0.25) is 0 Å². The van der Waals surface area contributed by atoms with Gasteiger partial charge in [0.2, 0.25) is 0 Å². The van der Waals surface area contributed by atoms with Gasteiger partial charge in [0.15, 0.2) is 0 Å². The Morgan fingerprint density at radius 1 is 1.06 bits per heavy atom. The maximum Gasteiger partial charge on any atom is 0.0520 e. The van der Waals surface area contributed by atoms with Crippen LogP contribution in [0.25, 0.3) is 0 Å². The third-order valence-corrected chi connectivity index (χ3v) is 5.89. The fraction of sp³-hybridized carbons (Fsp3) is 0.625. The first-order valence-electron chi connectivity index (χ1n) is 7.08. The minimum absolute atomic E-state index is 0.405. The highest BCUT2D eigenvalue weighted by Crippen LogP contribution is 2.65. The Morgan fingerprint density at radius 3 is 2.82 bits per heavy atom. The topological polar surface area (TPSA) is 3.24 Å². The average Bonchev–Trinajstić information content (AvgIpc) is 2.82. The number of fused-ring (bicyclic) bond motifs is 1.